The molecule has 26 heavy (non-hydrogen) atoms. The number of furan rings is 1. The average molecular weight is 380 g/mol. The Balaban J connectivity index is 1.65. The quantitative estimate of drug-likeness (QED) is 0.376. The van der Waals surface area contributed by atoms with Crippen molar-refractivity contribution >= 4 is 17.6 Å². The van der Waals surface area contributed by atoms with Crippen LogP contribution in [0, 0.1) is 0 Å². The van der Waals surface area contributed by atoms with E-state index < -0.39 is 0 Å². The third-order valence-electron chi connectivity index (χ3n) is 3.77. The lowest BCUT2D eigenvalue weighted by Gasteiger charge is -2.19. The first-order valence-electron chi connectivity index (χ1n) is 8.56. The Kier molecular flexibility index (Phi) is 9.03. The predicted molar refractivity (Wildman–Crippen MR) is 104 cm³/mol. The second-order valence-electron chi connectivity index (χ2n) is 5.64. The number of hydrogen-bond acceptors (Lipinski definition) is 4. The molecule has 0 aliphatic carbocycles. The molecule has 1 aromatic carbocycles. The minimum absolute atomic E-state index is 0.108. The van der Waals surface area contributed by atoms with E-state index in [2.05, 4.69) is 15.6 Å². The molecule has 7 heteroatoms. The van der Waals surface area contributed by atoms with Crippen molar-refractivity contribution in [2.75, 3.05) is 33.9 Å². The number of nitrogens with one attached hydrogen (secondary N) is 2. The van der Waals surface area contributed by atoms with Crippen molar-refractivity contribution in [2.45, 2.75) is 19.1 Å². The molecule has 6 nitrogen and oxygen atoms in total. The van der Waals surface area contributed by atoms with E-state index in [9.17, 15) is 0 Å². The van der Waals surface area contributed by atoms with Crippen LogP contribution in [-0.4, -0.2) is 39.8 Å². The first-order chi connectivity index (χ1) is 12.7. The minimum Gasteiger partial charge on any atom is -0.467 e. The Labute approximate surface area is 159 Å². The zero-order valence-electron chi connectivity index (χ0n) is 15.2. The molecule has 0 saturated carbocycles. The SMILES string of the molecule is CN=C(NCCCOCc1ccco1)NCC(OC)c1cccc(Cl)c1. The maximum absolute atomic E-state index is 6.05. The first kappa shape index (κ1) is 20.3. The van der Waals surface area contributed by atoms with Crippen LogP contribution in [0.15, 0.2) is 52.1 Å². The van der Waals surface area contributed by atoms with Crippen molar-refractivity contribution in [1.29, 1.82) is 0 Å². The van der Waals surface area contributed by atoms with E-state index in [1.165, 1.54) is 0 Å². The highest BCUT2D eigenvalue weighted by Gasteiger charge is 2.11. The second kappa shape index (κ2) is 11.6. The summed E-state index contributed by atoms with van der Waals surface area (Å²) in [7, 11) is 3.42. The van der Waals surface area contributed by atoms with Crippen LogP contribution in [-0.2, 0) is 16.1 Å². The van der Waals surface area contributed by atoms with E-state index in [1.54, 1.807) is 20.4 Å². The fourth-order valence-electron chi connectivity index (χ4n) is 2.40. The molecule has 0 spiro atoms. The standard InChI is InChI=1S/C19H26ClN3O3/c1-21-19(22-9-5-10-25-14-17-8-4-11-26-17)23-13-18(24-2)15-6-3-7-16(20)12-15/h3-4,6-8,11-12,18H,5,9-10,13-14H2,1-2H3,(H2,21,22,23). The Morgan fingerprint density at radius 3 is 2.85 bits per heavy atom. The number of benzene rings is 1. The van der Waals surface area contributed by atoms with Gasteiger partial charge in [0.1, 0.15) is 12.4 Å². The Morgan fingerprint density at radius 1 is 1.27 bits per heavy atom. The zero-order chi connectivity index (χ0) is 18.6. The van der Waals surface area contributed by atoms with Crippen LogP contribution >= 0.6 is 11.6 Å². The molecule has 1 unspecified atom stereocenters. The summed E-state index contributed by atoms with van der Waals surface area (Å²) in [5.41, 5.74) is 1.02. The van der Waals surface area contributed by atoms with E-state index in [0.717, 1.165) is 30.2 Å². The van der Waals surface area contributed by atoms with Crippen LogP contribution in [0.1, 0.15) is 23.8 Å². The van der Waals surface area contributed by atoms with Gasteiger partial charge in [-0.1, -0.05) is 23.7 Å². The lowest BCUT2D eigenvalue weighted by Crippen LogP contribution is -2.40. The van der Waals surface area contributed by atoms with Crippen LogP contribution in [0.25, 0.3) is 0 Å². The van der Waals surface area contributed by atoms with Crippen LogP contribution < -0.4 is 10.6 Å². The molecule has 142 valence electrons. The number of methoxy groups -OCH3 is 1. The molecule has 0 aliphatic heterocycles. The molecule has 1 aromatic heterocycles. The molecule has 0 radical (unpaired) electrons. The number of rotatable bonds is 10. The number of halogens is 1. The molecular formula is C19H26ClN3O3. The van der Waals surface area contributed by atoms with Gasteiger partial charge in [0.05, 0.1) is 12.4 Å². The summed E-state index contributed by atoms with van der Waals surface area (Å²) in [4.78, 5) is 4.22. The van der Waals surface area contributed by atoms with Gasteiger partial charge in [0, 0.05) is 38.9 Å². The molecule has 0 saturated heterocycles. The van der Waals surface area contributed by atoms with Gasteiger partial charge in [-0.25, -0.2) is 0 Å². The van der Waals surface area contributed by atoms with E-state index in [4.69, 9.17) is 25.5 Å². The minimum atomic E-state index is -0.108. The average Bonchev–Trinajstić information content (AvgIpc) is 3.16. The summed E-state index contributed by atoms with van der Waals surface area (Å²) in [5, 5.41) is 7.22. The van der Waals surface area contributed by atoms with Crippen LogP contribution in [0.5, 0.6) is 0 Å². The maximum atomic E-state index is 6.05. The van der Waals surface area contributed by atoms with Crippen molar-refractivity contribution in [3.8, 4) is 0 Å². The summed E-state index contributed by atoms with van der Waals surface area (Å²) >= 11 is 6.05. The molecule has 0 fully saturated rings. The summed E-state index contributed by atoms with van der Waals surface area (Å²) < 4.78 is 16.3. The first-order valence-corrected chi connectivity index (χ1v) is 8.93. The summed E-state index contributed by atoms with van der Waals surface area (Å²) in [6.07, 6.45) is 2.40. The van der Waals surface area contributed by atoms with Gasteiger partial charge in [0.2, 0.25) is 0 Å². The lowest BCUT2D eigenvalue weighted by atomic mass is 10.1. The number of guanidine groups is 1. The highest BCUT2D eigenvalue weighted by molar-refractivity contribution is 6.30. The Hall–Kier alpha value is -2.02. The van der Waals surface area contributed by atoms with Gasteiger partial charge in [-0.2, -0.15) is 0 Å². The van der Waals surface area contributed by atoms with Crippen LogP contribution in [0.4, 0.5) is 0 Å². The van der Waals surface area contributed by atoms with Gasteiger partial charge in [0.15, 0.2) is 5.96 Å². The third kappa shape index (κ3) is 7.07. The molecule has 2 N–H and O–H groups in total. The number of nitrogens with zero attached hydrogens (tertiary/aromatic N) is 1. The van der Waals surface area contributed by atoms with Crippen molar-refractivity contribution in [3.63, 3.8) is 0 Å². The van der Waals surface area contributed by atoms with Crippen molar-refractivity contribution < 1.29 is 13.9 Å². The van der Waals surface area contributed by atoms with E-state index >= 15 is 0 Å². The maximum Gasteiger partial charge on any atom is 0.191 e. The van der Waals surface area contributed by atoms with E-state index in [-0.39, 0.29) is 6.10 Å². The highest BCUT2D eigenvalue weighted by Crippen LogP contribution is 2.19. The Bertz CT molecular complexity index is 662. The molecular weight excluding hydrogens is 354 g/mol. The van der Waals surface area contributed by atoms with Gasteiger partial charge in [-0.15, -0.1) is 0 Å². The highest BCUT2D eigenvalue weighted by atomic mass is 35.5. The monoisotopic (exact) mass is 379 g/mol. The predicted octanol–water partition coefficient (Wildman–Crippen LogP) is 3.39. The van der Waals surface area contributed by atoms with Gasteiger partial charge in [-0.05, 0) is 36.2 Å². The molecule has 0 bridgehead atoms. The third-order valence-corrected chi connectivity index (χ3v) is 4.00. The molecule has 1 heterocycles. The molecule has 2 aromatic rings. The van der Waals surface area contributed by atoms with Gasteiger partial charge < -0.3 is 24.5 Å². The Morgan fingerprint density at radius 2 is 2.15 bits per heavy atom. The smallest absolute Gasteiger partial charge is 0.191 e. The molecule has 0 amide bonds. The van der Waals surface area contributed by atoms with Crippen molar-refractivity contribution in [1.82, 2.24) is 10.6 Å². The van der Waals surface area contributed by atoms with Crippen LogP contribution in [0.2, 0.25) is 5.02 Å². The topological polar surface area (TPSA) is 68.0 Å². The molecule has 1 atom stereocenters. The number of ether oxygens (including phenoxy) is 2. The summed E-state index contributed by atoms with van der Waals surface area (Å²) in [5.74, 6) is 1.56. The second-order valence-corrected chi connectivity index (χ2v) is 6.08. The van der Waals surface area contributed by atoms with Gasteiger partial charge >= 0.3 is 0 Å². The normalized spacial score (nSPS) is 12.8. The zero-order valence-corrected chi connectivity index (χ0v) is 16.0. The fourth-order valence-corrected chi connectivity index (χ4v) is 2.60. The van der Waals surface area contributed by atoms with E-state index in [0.29, 0.717) is 24.8 Å². The largest absolute Gasteiger partial charge is 0.467 e. The van der Waals surface area contributed by atoms with Crippen molar-refractivity contribution in [2.24, 2.45) is 4.99 Å². The van der Waals surface area contributed by atoms with Gasteiger partial charge in [-0.3, -0.25) is 4.99 Å². The van der Waals surface area contributed by atoms with Gasteiger partial charge in [0.25, 0.3) is 0 Å². The molecule has 2 rings (SSSR count). The number of hydrogen-bond donors (Lipinski definition) is 2. The van der Waals surface area contributed by atoms with Crippen LogP contribution in [0.3, 0.4) is 0 Å². The van der Waals surface area contributed by atoms with E-state index in [1.807, 2.05) is 36.4 Å². The fraction of sp³-hybridized carbons (Fsp3) is 0.421. The molecule has 0 aliphatic rings. The number of aliphatic imine (C=N–C) groups is 1. The summed E-state index contributed by atoms with van der Waals surface area (Å²) in [6, 6.07) is 11.4. The van der Waals surface area contributed by atoms with Crippen molar-refractivity contribution in [3.05, 3.63) is 59.0 Å². The lowest BCUT2D eigenvalue weighted by molar-refractivity contribution is 0.104. The summed E-state index contributed by atoms with van der Waals surface area (Å²) in [6.45, 7) is 2.49.